The zero-order valence-electron chi connectivity index (χ0n) is 13.0. The second-order valence-electron chi connectivity index (χ2n) is 6.12. The molecule has 1 N–H and O–H groups in total. The minimum atomic E-state index is -0.746. The molecule has 1 aliphatic carbocycles. The molecule has 2 atom stereocenters. The van der Waals surface area contributed by atoms with E-state index >= 15 is 0 Å². The molecule has 0 heterocycles. The zero-order chi connectivity index (χ0) is 15.0. The molecule has 0 bridgehead atoms. The summed E-state index contributed by atoms with van der Waals surface area (Å²) in [6.45, 7) is 5.01. The molecule has 0 amide bonds. The molecule has 0 aromatic rings. The van der Waals surface area contributed by atoms with Gasteiger partial charge in [0.15, 0.2) is 0 Å². The van der Waals surface area contributed by atoms with Crippen molar-refractivity contribution in [1.29, 1.82) is 0 Å². The van der Waals surface area contributed by atoms with E-state index in [0.29, 0.717) is 18.9 Å². The molecule has 0 aliphatic heterocycles. The highest BCUT2D eigenvalue weighted by molar-refractivity contribution is 5.78. The predicted molar refractivity (Wildman–Crippen MR) is 81.6 cm³/mol. The first kappa shape index (κ1) is 17.0. The van der Waals surface area contributed by atoms with Gasteiger partial charge in [0.2, 0.25) is 0 Å². The van der Waals surface area contributed by atoms with Crippen molar-refractivity contribution in [2.45, 2.75) is 46.0 Å². The molecule has 2 unspecified atom stereocenters. The van der Waals surface area contributed by atoms with Crippen LogP contribution < -0.4 is 0 Å². The van der Waals surface area contributed by atoms with Crippen molar-refractivity contribution in [3.63, 3.8) is 0 Å². The number of carboxylic acids is 1. The molecule has 0 saturated heterocycles. The lowest BCUT2D eigenvalue weighted by Crippen LogP contribution is -2.38. The van der Waals surface area contributed by atoms with Gasteiger partial charge in [-0.25, -0.2) is 0 Å². The smallest absolute Gasteiger partial charge is 0.314 e. The fourth-order valence-corrected chi connectivity index (χ4v) is 2.90. The van der Waals surface area contributed by atoms with Gasteiger partial charge in [0, 0.05) is 13.7 Å². The van der Waals surface area contributed by atoms with Crippen molar-refractivity contribution >= 4 is 5.97 Å². The SMILES string of the molecule is COCCC1C=CC=CC1(CCCCC(C)C)C(=O)O. The lowest BCUT2D eigenvalue weighted by Gasteiger charge is -2.35. The van der Waals surface area contributed by atoms with Gasteiger partial charge in [-0.05, 0) is 24.7 Å². The van der Waals surface area contributed by atoms with E-state index in [9.17, 15) is 9.90 Å². The summed E-state index contributed by atoms with van der Waals surface area (Å²) in [6.07, 6.45) is 12.4. The Balaban J connectivity index is 2.69. The quantitative estimate of drug-likeness (QED) is 0.648. The average molecular weight is 280 g/mol. The Kier molecular flexibility index (Phi) is 7.00. The summed E-state index contributed by atoms with van der Waals surface area (Å²) in [5.74, 6) is 0.00890. The molecule has 0 saturated carbocycles. The van der Waals surface area contributed by atoms with E-state index in [4.69, 9.17) is 4.74 Å². The minimum absolute atomic E-state index is 0.0315. The monoisotopic (exact) mass is 280 g/mol. The Morgan fingerprint density at radius 2 is 2.10 bits per heavy atom. The van der Waals surface area contributed by atoms with Crippen molar-refractivity contribution in [3.8, 4) is 0 Å². The van der Waals surface area contributed by atoms with Gasteiger partial charge in [-0.1, -0.05) is 57.4 Å². The van der Waals surface area contributed by atoms with Gasteiger partial charge < -0.3 is 9.84 Å². The fraction of sp³-hybridized carbons (Fsp3) is 0.706. The highest BCUT2D eigenvalue weighted by atomic mass is 16.5. The number of ether oxygens (including phenoxy) is 1. The van der Waals surface area contributed by atoms with Crippen LogP contribution in [0, 0.1) is 17.3 Å². The van der Waals surface area contributed by atoms with Crippen molar-refractivity contribution in [1.82, 2.24) is 0 Å². The molecule has 20 heavy (non-hydrogen) atoms. The summed E-state index contributed by atoms with van der Waals surface area (Å²) in [5.41, 5.74) is -0.746. The van der Waals surface area contributed by atoms with Crippen LogP contribution in [0.1, 0.15) is 46.0 Å². The molecule has 0 fully saturated rings. The fourth-order valence-electron chi connectivity index (χ4n) is 2.90. The molecular weight excluding hydrogens is 252 g/mol. The van der Waals surface area contributed by atoms with Crippen molar-refractivity contribution in [2.24, 2.45) is 17.3 Å². The van der Waals surface area contributed by atoms with E-state index in [2.05, 4.69) is 13.8 Å². The first-order valence-corrected chi connectivity index (χ1v) is 7.61. The number of hydrogen-bond acceptors (Lipinski definition) is 2. The first-order chi connectivity index (χ1) is 9.53. The van der Waals surface area contributed by atoms with Crippen LogP contribution in [0.3, 0.4) is 0 Å². The van der Waals surface area contributed by atoms with Gasteiger partial charge >= 0.3 is 5.97 Å². The van der Waals surface area contributed by atoms with E-state index < -0.39 is 11.4 Å². The number of carboxylic acid groups (broad SMARTS) is 1. The lowest BCUT2D eigenvalue weighted by molar-refractivity contribution is -0.149. The first-order valence-electron chi connectivity index (χ1n) is 7.61. The Morgan fingerprint density at radius 1 is 1.35 bits per heavy atom. The van der Waals surface area contributed by atoms with Crippen LogP contribution >= 0.6 is 0 Å². The molecule has 1 rings (SSSR count). The standard InChI is InChI=1S/C17H28O3/c1-14(2)8-4-6-11-17(16(18)19)12-7-5-9-15(17)10-13-20-3/h5,7,9,12,14-15H,4,6,8,10-11,13H2,1-3H3,(H,18,19). The summed E-state index contributed by atoms with van der Waals surface area (Å²) in [7, 11) is 1.66. The highest BCUT2D eigenvalue weighted by Crippen LogP contribution is 2.41. The largest absolute Gasteiger partial charge is 0.481 e. The summed E-state index contributed by atoms with van der Waals surface area (Å²) in [5, 5.41) is 9.74. The van der Waals surface area contributed by atoms with E-state index in [-0.39, 0.29) is 5.92 Å². The minimum Gasteiger partial charge on any atom is -0.481 e. The van der Waals surface area contributed by atoms with Crippen LogP contribution in [-0.2, 0) is 9.53 Å². The normalized spacial score (nSPS) is 25.3. The molecule has 3 nitrogen and oxygen atoms in total. The third-order valence-corrected chi connectivity index (χ3v) is 4.16. The van der Waals surface area contributed by atoms with E-state index in [1.54, 1.807) is 7.11 Å². The molecule has 0 aromatic heterocycles. The number of carbonyl (C=O) groups is 1. The van der Waals surface area contributed by atoms with Crippen LogP contribution in [0.15, 0.2) is 24.3 Å². The van der Waals surface area contributed by atoms with E-state index in [1.165, 1.54) is 0 Å². The Morgan fingerprint density at radius 3 is 2.70 bits per heavy atom. The van der Waals surface area contributed by atoms with Crippen molar-refractivity contribution in [3.05, 3.63) is 24.3 Å². The van der Waals surface area contributed by atoms with Gasteiger partial charge in [0.1, 0.15) is 0 Å². The molecule has 0 spiro atoms. The molecule has 0 aromatic carbocycles. The summed E-state index contributed by atoms with van der Waals surface area (Å²) in [4.78, 5) is 11.9. The summed E-state index contributed by atoms with van der Waals surface area (Å²) in [6, 6.07) is 0. The number of rotatable bonds is 9. The topological polar surface area (TPSA) is 46.5 Å². The van der Waals surface area contributed by atoms with Gasteiger partial charge in [-0.3, -0.25) is 4.79 Å². The Hall–Kier alpha value is -1.09. The maximum Gasteiger partial charge on any atom is 0.314 e. The van der Waals surface area contributed by atoms with Crippen LogP contribution in [0.5, 0.6) is 0 Å². The number of allylic oxidation sites excluding steroid dienone is 3. The number of hydrogen-bond donors (Lipinski definition) is 1. The molecule has 3 heteroatoms. The third kappa shape index (κ3) is 4.48. The van der Waals surface area contributed by atoms with Gasteiger partial charge in [0.05, 0.1) is 5.41 Å². The number of methoxy groups -OCH3 is 1. The predicted octanol–water partition coefficient (Wildman–Crippen LogP) is 4.05. The van der Waals surface area contributed by atoms with Gasteiger partial charge in [-0.2, -0.15) is 0 Å². The van der Waals surface area contributed by atoms with E-state index in [0.717, 1.165) is 25.7 Å². The number of unbranched alkanes of at least 4 members (excludes halogenated alkanes) is 1. The van der Waals surface area contributed by atoms with Crippen LogP contribution in [-0.4, -0.2) is 24.8 Å². The average Bonchev–Trinajstić information content (AvgIpc) is 2.41. The second-order valence-corrected chi connectivity index (χ2v) is 6.12. The molecule has 114 valence electrons. The zero-order valence-corrected chi connectivity index (χ0v) is 13.0. The van der Waals surface area contributed by atoms with Gasteiger partial charge in [-0.15, -0.1) is 0 Å². The summed E-state index contributed by atoms with van der Waals surface area (Å²) >= 11 is 0. The van der Waals surface area contributed by atoms with Crippen LogP contribution in [0.25, 0.3) is 0 Å². The second kappa shape index (κ2) is 8.25. The molecule has 0 radical (unpaired) electrons. The van der Waals surface area contributed by atoms with Crippen LogP contribution in [0.2, 0.25) is 0 Å². The lowest BCUT2D eigenvalue weighted by atomic mass is 9.68. The highest BCUT2D eigenvalue weighted by Gasteiger charge is 2.42. The molecule has 1 aliphatic rings. The summed E-state index contributed by atoms with van der Waals surface area (Å²) < 4.78 is 5.12. The Labute approximate surface area is 122 Å². The third-order valence-electron chi connectivity index (χ3n) is 4.16. The van der Waals surface area contributed by atoms with E-state index in [1.807, 2.05) is 24.3 Å². The maximum atomic E-state index is 11.9. The number of aliphatic carboxylic acids is 1. The van der Waals surface area contributed by atoms with Crippen molar-refractivity contribution < 1.29 is 14.6 Å². The molecular formula is C17H28O3. The van der Waals surface area contributed by atoms with Gasteiger partial charge in [0.25, 0.3) is 0 Å². The van der Waals surface area contributed by atoms with Crippen molar-refractivity contribution in [2.75, 3.05) is 13.7 Å². The maximum absolute atomic E-state index is 11.9. The van der Waals surface area contributed by atoms with Crippen LogP contribution in [0.4, 0.5) is 0 Å². The Bertz CT molecular complexity index is 357.